The maximum Gasteiger partial charge on any atom is 0.180 e. The van der Waals surface area contributed by atoms with Crippen LogP contribution in [0.4, 0.5) is 0 Å². The van der Waals surface area contributed by atoms with E-state index in [1.165, 1.54) is 59.0 Å². The van der Waals surface area contributed by atoms with Gasteiger partial charge in [-0.25, -0.2) is 4.98 Å². The Morgan fingerprint density at radius 3 is 1.41 bits per heavy atom. The number of imidazole rings is 1. The normalized spacial score (nSPS) is 11.7. The lowest BCUT2D eigenvalue weighted by Crippen LogP contribution is -2.75. The van der Waals surface area contributed by atoms with E-state index in [2.05, 4.69) is 224 Å². The molecule has 0 aliphatic rings. The number of hydrogen-bond acceptors (Lipinski definition) is 1. The first-order valence-electron chi connectivity index (χ1n) is 19.5. The van der Waals surface area contributed by atoms with E-state index < -0.39 is 8.07 Å². The molecule has 266 valence electrons. The van der Waals surface area contributed by atoms with Crippen molar-refractivity contribution >= 4 is 61.4 Å². The Morgan fingerprint density at radius 2 is 0.911 bits per heavy atom. The number of nitrogens with zero attached hydrogens (tertiary/aromatic N) is 2. The van der Waals surface area contributed by atoms with Crippen LogP contribution in [0.1, 0.15) is 12.5 Å². The molecule has 0 bridgehead atoms. The summed E-state index contributed by atoms with van der Waals surface area (Å²) in [5, 5.41) is 10.7. The first-order chi connectivity index (χ1) is 27.8. The second kappa shape index (κ2) is 14.1. The molecule has 0 saturated carbocycles. The minimum Gasteiger partial charge on any atom is -0.292 e. The number of fused-ring (bicyclic) bond motifs is 3. The molecule has 0 aliphatic carbocycles. The summed E-state index contributed by atoms with van der Waals surface area (Å²) in [5.74, 6) is 0.950. The molecule has 10 aromatic rings. The Kier molecular flexibility index (Phi) is 8.50. The van der Waals surface area contributed by atoms with Gasteiger partial charge < -0.3 is 0 Å². The van der Waals surface area contributed by atoms with E-state index in [1.54, 1.807) is 0 Å². The second-order valence-electron chi connectivity index (χ2n) is 14.5. The van der Waals surface area contributed by atoms with Crippen LogP contribution in [0.5, 0.6) is 0 Å². The fraction of sp³-hybridized carbons (Fsp3) is 0.0377. The van der Waals surface area contributed by atoms with Crippen molar-refractivity contribution < 1.29 is 0 Å². The van der Waals surface area contributed by atoms with Crippen LogP contribution in [0.2, 0.25) is 0 Å². The number of aryl methyl sites for hydroxylation is 1. The monoisotopic (exact) mass is 732 g/mol. The molecule has 1 heterocycles. The van der Waals surface area contributed by atoms with Gasteiger partial charge in [-0.3, -0.25) is 4.57 Å². The summed E-state index contributed by atoms with van der Waals surface area (Å²) in [6, 6.07) is 78.4. The van der Waals surface area contributed by atoms with Gasteiger partial charge in [0.2, 0.25) is 0 Å². The van der Waals surface area contributed by atoms with Crippen molar-refractivity contribution in [3.63, 3.8) is 0 Å². The zero-order valence-corrected chi connectivity index (χ0v) is 32.3. The second-order valence-corrected chi connectivity index (χ2v) is 18.3. The highest BCUT2D eigenvalue weighted by atomic mass is 28.3. The lowest BCUT2D eigenvalue weighted by atomic mass is 9.92. The van der Waals surface area contributed by atoms with Crippen LogP contribution < -0.4 is 20.7 Å². The van der Waals surface area contributed by atoms with E-state index in [4.69, 9.17) is 4.98 Å². The van der Waals surface area contributed by atoms with Crippen LogP contribution in [-0.2, 0) is 6.42 Å². The largest absolute Gasteiger partial charge is 0.292 e. The molecule has 2 nitrogen and oxygen atoms in total. The molecule has 0 spiro atoms. The predicted molar refractivity (Wildman–Crippen MR) is 240 cm³/mol. The van der Waals surface area contributed by atoms with E-state index in [1.807, 2.05) is 0 Å². The Morgan fingerprint density at radius 1 is 0.446 bits per heavy atom. The lowest BCUT2D eigenvalue weighted by Gasteiger charge is -2.37. The van der Waals surface area contributed by atoms with Gasteiger partial charge in [0.05, 0.1) is 11.0 Å². The van der Waals surface area contributed by atoms with Crippen LogP contribution in [0.3, 0.4) is 0 Å². The predicted octanol–water partition coefficient (Wildman–Crippen LogP) is 10.6. The SMILES string of the molecule is CCc1ccc2c(c1)nc(-c1ccccc1)n2-c1ccc(-c2c3ccccc3c([Si](c3ccccc3)(c3ccccc3)c3ccccc3)c3ccccc23)cc1. The summed E-state index contributed by atoms with van der Waals surface area (Å²) in [7, 11) is -2.88. The van der Waals surface area contributed by atoms with Crippen LogP contribution in [0.15, 0.2) is 212 Å². The van der Waals surface area contributed by atoms with E-state index in [-0.39, 0.29) is 0 Å². The zero-order valence-electron chi connectivity index (χ0n) is 31.3. The quantitative estimate of drug-likeness (QED) is 0.0864. The molecule has 0 fully saturated rings. The van der Waals surface area contributed by atoms with Crippen LogP contribution in [0, 0.1) is 0 Å². The Balaban J connectivity index is 1.24. The summed E-state index contributed by atoms with van der Waals surface area (Å²) in [6.45, 7) is 2.20. The van der Waals surface area contributed by atoms with Gasteiger partial charge >= 0.3 is 0 Å². The van der Waals surface area contributed by atoms with Crippen molar-refractivity contribution in [1.29, 1.82) is 0 Å². The minimum atomic E-state index is -2.88. The van der Waals surface area contributed by atoms with Crippen molar-refractivity contribution in [3.05, 3.63) is 218 Å². The summed E-state index contributed by atoms with van der Waals surface area (Å²) in [5.41, 5.74) is 8.06. The van der Waals surface area contributed by atoms with Crippen molar-refractivity contribution in [3.8, 4) is 28.2 Å². The van der Waals surface area contributed by atoms with Crippen LogP contribution in [-0.4, -0.2) is 17.6 Å². The molecule has 9 aromatic carbocycles. The standard InChI is InChI=1S/C53H40N2Si/c1-2-38-31-36-50-49(37-38)54-53(40-19-7-3-8-20-40)55(50)41-34-32-39(33-35-41)51-45-27-15-17-29-47(45)52(48-30-18-16-28-46(48)51)56(42-21-9-4-10-22-42,43-23-11-5-12-24-43)44-25-13-6-14-26-44/h3-37H,2H2,1H3. The van der Waals surface area contributed by atoms with Crippen molar-refractivity contribution in [1.82, 2.24) is 9.55 Å². The highest BCUT2D eigenvalue weighted by molar-refractivity contribution is 7.21. The molecule has 3 heteroatoms. The molecular weight excluding hydrogens is 693 g/mol. The van der Waals surface area contributed by atoms with E-state index in [0.717, 1.165) is 34.5 Å². The van der Waals surface area contributed by atoms with E-state index in [9.17, 15) is 0 Å². The van der Waals surface area contributed by atoms with E-state index >= 15 is 0 Å². The van der Waals surface area contributed by atoms with Crippen molar-refractivity contribution in [2.24, 2.45) is 0 Å². The Labute approximate surface area is 329 Å². The smallest absolute Gasteiger partial charge is 0.180 e. The fourth-order valence-electron chi connectivity index (χ4n) is 9.01. The molecule has 0 saturated heterocycles. The molecule has 0 atom stereocenters. The van der Waals surface area contributed by atoms with Gasteiger partial charge in [-0.1, -0.05) is 195 Å². The highest BCUT2D eigenvalue weighted by Crippen LogP contribution is 2.38. The summed E-state index contributed by atoms with van der Waals surface area (Å²) >= 11 is 0. The van der Waals surface area contributed by atoms with E-state index in [0.29, 0.717) is 0 Å². The maximum absolute atomic E-state index is 5.20. The average Bonchev–Trinajstić information content (AvgIpc) is 3.67. The molecule has 10 rings (SSSR count). The van der Waals surface area contributed by atoms with Gasteiger partial charge in [0, 0.05) is 11.3 Å². The van der Waals surface area contributed by atoms with Gasteiger partial charge in [-0.15, -0.1) is 0 Å². The first-order valence-corrected chi connectivity index (χ1v) is 21.5. The topological polar surface area (TPSA) is 17.8 Å². The maximum atomic E-state index is 5.20. The van der Waals surface area contributed by atoms with Gasteiger partial charge in [0.1, 0.15) is 5.82 Å². The third-order valence-electron chi connectivity index (χ3n) is 11.5. The number of aromatic nitrogens is 2. The summed E-state index contributed by atoms with van der Waals surface area (Å²) in [4.78, 5) is 5.20. The third kappa shape index (κ3) is 5.43. The molecule has 0 amide bonds. The molecule has 0 unspecified atom stereocenters. The van der Waals surface area contributed by atoms with Crippen LogP contribution >= 0.6 is 0 Å². The van der Waals surface area contributed by atoms with Gasteiger partial charge in [-0.05, 0) is 89.7 Å². The van der Waals surface area contributed by atoms with Gasteiger partial charge in [0.25, 0.3) is 0 Å². The third-order valence-corrected chi connectivity index (χ3v) is 16.4. The first kappa shape index (κ1) is 33.7. The Hall–Kier alpha value is -6.81. The summed E-state index contributed by atoms with van der Waals surface area (Å²) < 4.78 is 2.31. The van der Waals surface area contributed by atoms with Crippen molar-refractivity contribution in [2.45, 2.75) is 13.3 Å². The molecule has 0 aliphatic heterocycles. The van der Waals surface area contributed by atoms with Gasteiger partial charge in [-0.2, -0.15) is 0 Å². The number of benzene rings is 9. The Bertz CT molecular complexity index is 2820. The minimum absolute atomic E-state index is 0.950. The van der Waals surface area contributed by atoms with Crippen molar-refractivity contribution in [2.75, 3.05) is 0 Å². The molecular formula is C53H40N2Si. The fourth-order valence-corrected chi connectivity index (χ4v) is 14.2. The van der Waals surface area contributed by atoms with Crippen LogP contribution in [0.25, 0.3) is 60.8 Å². The van der Waals surface area contributed by atoms with Gasteiger partial charge in [0.15, 0.2) is 8.07 Å². The molecule has 56 heavy (non-hydrogen) atoms. The number of hydrogen-bond donors (Lipinski definition) is 0. The number of rotatable bonds is 8. The molecule has 1 aromatic heterocycles. The molecule has 0 radical (unpaired) electrons. The summed E-state index contributed by atoms with van der Waals surface area (Å²) in [6.07, 6.45) is 0.977. The molecule has 0 N–H and O–H groups in total. The average molecular weight is 733 g/mol. The zero-order chi connectivity index (χ0) is 37.5. The lowest BCUT2D eigenvalue weighted by molar-refractivity contribution is 1.10. The highest BCUT2D eigenvalue weighted by Gasteiger charge is 2.44.